The predicted molar refractivity (Wildman–Crippen MR) is 454 cm³/mol. The number of hydrogen-bond acceptors (Lipinski definition) is 14. The van der Waals surface area contributed by atoms with E-state index < -0.39 is 91.5 Å². The van der Waals surface area contributed by atoms with Crippen LogP contribution < -0.4 is 0 Å². The first-order valence-electron chi connectivity index (χ1n) is 43.8. The number of unbranched alkanes of at least 4 members (excludes halogenated alkanes) is 40. The van der Waals surface area contributed by atoms with E-state index >= 15 is 0 Å². The van der Waals surface area contributed by atoms with Crippen molar-refractivity contribution in [2.45, 2.75) is 399 Å². The molecule has 0 radical (unpaired) electrons. The molecule has 0 aliphatic carbocycles. The zero-order chi connectivity index (χ0) is 79.4. The molecule has 109 heavy (non-hydrogen) atoms. The smallest absolute Gasteiger partial charge is 0.463 e. The van der Waals surface area contributed by atoms with E-state index in [0.717, 1.165) is 141 Å². The number of allylic oxidation sites excluding steroid dienone is 20. The lowest BCUT2D eigenvalue weighted by molar-refractivity contribution is -0.161. The molecule has 0 saturated carbocycles. The van der Waals surface area contributed by atoms with Gasteiger partial charge in [-0.15, -0.1) is 0 Å². The summed E-state index contributed by atoms with van der Waals surface area (Å²) < 4.78 is 61.3. The second-order valence-corrected chi connectivity index (χ2v) is 32.2. The van der Waals surface area contributed by atoms with E-state index in [9.17, 15) is 43.5 Å². The summed E-state index contributed by atoms with van der Waals surface area (Å²) in [7, 11) is -9.79. The standard InChI is InChI=1S/C91H160O16P2/c1-4-7-10-13-16-19-22-25-27-29-31-33-35-37-38-39-40-41-42-43-44-45-46-48-50-51-53-55-57-60-62-65-68-71-74-77-89(94)101-80-86(92)81-103-108(97,98)104-82-87(93)83-105-109(99,100)106-85-88(107-91(96)79-76-73-70-67-64-59-24-21-18-15-12-9-6-3)84-102-90(95)78-75-72-69-66-63-61-58-56-54-52-49-47-36-34-32-30-28-26-23-20-17-14-11-8-5-2/h7-8,10-11,16-17,19-20,25-28,31-34,37-38,47,49,86-88,92-93H,4-6,9,12-15,18,21-24,29-30,35-36,39-46,48,50-85H2,1-3H3,(H,97,98)(H,99,100)/b10-7-,11-8-,19-16-,20-17-,27-25-,28-26-,33-31-,34-32-,38-37-,49-47-. The lowest BCUT2D eigenvalue weighted by Gasteiger charge is -2.21. The van der Waals surface area contributed by atoms with Crippen molar-refractivity contribution in [3.63, 3.8) is 0 Å². The molecule has 0 saturated heterocycles. The van der Waals surface area contributed by atoms with Crippen LogP contribution in [-0.2, 0) is 55.8 Å². The number of carbonyl (C=O) groups excluding carboxylic acids is 3. The van der Waals surface area contributed by atoms with Crippen LogP contribution >= 0.6 is 15.6 Å². The minimum absolute atomic E-state index is 0.106. The largest absolute Gasteiger partial charge is 0.472 e. The van der Waals surface area contributed by atoms with Gasteiger partial charge in [0.25, 0.3) is 0 Å². The van der Waals surface area contributed by atoms with Gasteiger partial charge in [0.15, 0.2) is 6.10 Å². The molecule has 630 valence electrons. The zero-order valence-electron chi connectivity index (χ0n) is 69.2. The van der Waals surface area contributed by atoms with Gasteiger partial charge in [0, 0.05) is 19.3 Å². The van der Waals surface area contributed by atoms with E-state index in [0.29, 0.717) is 19.3 Å². The van der Waals surface area contributed by atoms with Crippen LogP contribution in [0.5, 0.6) is 0 Å². The predicted octanol–water partition coefficient (Wildman–Crippen LogP) is 26.4. The molecule has 0 heterocycles. The van der Waals surface area contributed by atoms with Crippen molar-refractivity contribution in [1.82, 2.24) is 0 Å². The van der Waals surface area contributed by atoms with Crippen LogP contribution in [0.25, 0.3) is 0 Å². The number of carbonyl (C=O) groups is 3. The molecule has 0 rings (SSSR count). The van der Waals surface area contributed by atoms with E-state index in [4.69, 9.17) is 32.3 Å². The fraction of sp³-hybridized carbons (Fsp3) is 0.747. The maximum atomic E-state index is 13.0. The fourth-order valence-electron chi connectivity index (χ4n) is 12.1. The summed E-state index contributed by atoms with van der Waals surface area (Å²) in [6, 6.07) is 0. The highest BCUT2D eigenvalue weighted by atomic mass is 31.2. The molecule has 0 amide bonds. The molecule has 0 aliphatic rings. The Balaban J connectivity index is 4.37. The molecular formula is C91H160O16P2. The summed E-state index contributed by atoms with van der Waals surface area (Å²) in [4.78, 5) is 58.8. The van der Waals surface area contributed by atoms with Gasteiger partial charge in [-0.25, -0.2) is 9.13 Å². The molecule has 16 nitrogen and oxygen atoms in total. The van der Waals surface area contributed by atoms with Crippen LogP contribution in [-0.4, -0.2) is 95.9 Å². The monoisotopic (exact) mass is 1570 g/mol. The maximum absolute atomic E-state index is 13.0. The molecule has 0 aromatic heterocycles. The lowest BCUT2D eigenvalue weighted by Crippen LogP contribution is -2.30. The normalized spacial score (nSPS) is 14.4. The van der Waals surface area contributed by atoms with E-state index in [2.05, 4.69) is 142 Å². The summed E-state index contributed by atoms with van der Waals surface area (Å²) in [5, 5.41) is 20.7. The Bertz CT molecular complexity index is 2460. The van der Waals surface area contributed by atoms with Crippen molar-refractivity contribution < 1.29 is 75.8 Å². The zero-order valence-corrected chi connectivity index (χ0v) is 71.0. The summed E-state index contributed by atoms with van der Waals surface area (Å²) in [5.74, 6) is -1.56. The highest BCUT2D eigenvalue weighted by Crippen LogP contribution is 2.45. The molecule has 0 bridgehead atoms. The van der Waals surface area contributed by atoms with Gasteiger partial charge in [0.2, 0.25) is 0 Å². The number of aliphatic hydroxyl groups is 2. The molecule has 0 spiro atoms. The van der Waals surface area contributed by atoms with Crippen LogP contribution in [0, 0.1) is 0 Å². The molecular weight excluding hydrogens is 1410 g/mol. The first-order chi connectivity index (χ1) is 53.2. The number of ether oxygens (including phenoxy) is 3. The Kier molecular flexibility index (Phi) is 80.3. The van der Waals surface area contributed by atoms with Crippen LogP contribution in [0.3, 0.4) is 0 Å². The number of aliphatic hydroxyl groups excluding tert-OH is 2. The molecule has 0 aromatic rings. The number of hydrogen-bond donors (Lipinski definition) is 4. The summed E-state index contributed by atoms with van der Waals surface area (Å²) in [6.07, 6.45) is 101. The van der Waals surface area contributed by atoms with E-state index in [1.54, 1.807) is 0 Å². The molecule has 5 unspecified atom stereocenters. The Labute approximate surface area is 665 Å². The van der Waals surface area contributed by atoms with E-state index in [1.165, 1.54) is 180 Å². The van der Waals surface area contributed by atoms with Crippen LogP contribution in [0.15, 0.2) is 122 Å². The number of phosphoric acid groups is 2. The highest BCUT2D eigenvalue weighted by molar-refractivity contribution is 7.47. The third-order valence-electron chi connectivity index (χ3n) is 18.7. The Morgan fingerprint density at radius 2 is 0.486 bits per heavy atom. The highest BCUT2D eigenvalue weighted by Gasteiger charge is 2.29. The van der Waals surface area contributed by atoms with Crippen LogP contribution in [0.2, 0.25) is 0 Å². The maximum Gasteiger partial charge on any atom is 0.472 e. The Morgan fingerprint density at radius 1 is 0.266 bits per heavy atom. The van der Waals surface area contributed by atoms with Gasteiger partial charge in [-0.1, -0.05) is 373 Å². The molecule has 0 fully saturated rings. The van der Waals surface area contributed by atoms with Gasteiger partial charge >= 0.3 is 33.6 Å². The number of esters is 3. The van der Waals surface area contributed by atoms with Crippen molar-refractivity contribution in [1.29, 1.82) is 0 Å². The molecule has 18 heteroatoms. The van der Waals surface area contributed by atoms with E-state index in [1.807, 2.05) is 0 Å². The van der Waals surface area contributed by atoms with Gasteiger partial charge in [-0.2, -0.15) is 0 Å². The molecule has 0 aliphatic heterocycles. The van der Waals surface area contributed by atoms with Gasteiger partial charge < -0.3 is 34.2 Å². The minimum atomic E-state index is -4.93. The van der Waals surface area contributed by atoms with Crippen molar-refractivity contribution in [2.24, 2.45) is 0 Å². The number of rotatable bonds is 83. The quantitative estimate of drug-likeness (QED) is 0.0146. The fourth-order valence-corrected chi connectivity index (χ4v) is 13.7. The van der Waals surface area contributed by atoms with E-state index in [-0.39, 0.29) is 19.3 Å². The average Bonchev–Trinajstić information content (AvgIpc) is 0.905. The van der Waals surface area contributed by atoms with Gasteiger partial charge in [-0.3, -0.25) is 32.5 Å². The first-order valence-corrected chi connectivity index (χ1v) is 46.8. The van der Waals surface area contributed by atoms with Gasteiger partial charge in [0.05, 0.1) is 26.4 Å². The van der Waals surface area contributed by atoms with Gasteiger partial charge in [-0.05, 0) is 109 Å². The second kappa shape index (κ2) is 83.4. The first kappa shape index (κ1) is 105. The van der Waals surface area contributed by atoms with Crippen LogP contribution in [0.1, 0.15) is 380 Å². The van der Waals surface area contributed by atoms with Crippen LogP contribution in [0.4, 0.5) is 0 Å². The van der Waals surface area contributed by atoms with Gasteiger partial charge in [0.1, 0.15) is 25.4 Å². The topological polar surface area (TPSA) is 231 Å². The summed E-state index contributed by atoms with van der Waals surface area (Å²) in [5.41, 5.74) is 0. The van der Waals surface area contributed by atoms with Crippen molar-refractivity contribution in [2.75, 3.05) is 39.6 Å². The molecule has 0 aromatic carbocycles. The van der Waals surface area contributed by atoms with Crippen molar-refractivity contribution in [3.05, 3.63) is 122 Å². The molecule has 5 atom stereocenters. The lowest BCUT2D eigenvalue weighted by atomic mass is 10.0. The SMILES string of the molecule is CC/C=C\C/C=C\C/C=C\C/C=C\C/C=C\CCCCCCCCCCCCCCCCCCCCCC(=O)OCC(O)COP(=O)(O)OCC(O)COP(=O)(O)OCC(COC(=O)CCCCCCCCCCC/C=C\C/C=C\C/C=C\C/C=C\C/C=C\CC)OC(=O)CCCCCCCCCCCCCCC. The second-order valence-electron chi connectivity index (χ2n) is 29.3. The van der Waals surface area contributed by atoms with Crippen molar-refractivity contribution >= 4 is 33.6 Å². The van der Waals surface area contributed by atoms with Crippen molar-refractivity contribution in [3.8, 4) is 0 Å². The third kappa shape index (κ3) is 84.7. The summed E-state index contributed by atoms with van der Waals surface area (Å²) in [6.45, 7) is 2.50. The Morgan fingerprint density at radius 3 is 0.771 bits per heavy atom. The third-order valence-corrected chi connectivity index (χ3v) is 20.6. The summed E-state index contributed by atoms with van der Waals surface area (Å²) >= 11 is 0. The molecule has 4 N–H and O–H groups in total. The Hall–Kier alpha value is -4.05. The minimum Gasteiger partial charge on any atom is -0.463 e. The number of phosphoric ester groups is 2. The average molecular weight is 1570 g/mol.